The van der Waals surface area contributed by atoms with Gasteiger partial charge in [-0.25, -0.2) is 9.79 Å². The molecule has 152 valence electrons. The number of ether oxygens (including phenoxy) is 1. The Labute approximate surface area is 183 Å². The lowest BCUT2D eigenvalue weighted by atomic mass is 10.1. The van der Waals surface area contributed by atoms with Crippen LogP contribution in [0.4, 0.5) is 4.79 Å². The molecule has 0 unspecified atom stereocenters. The van der Waals surface area contributed by atoms with Crippen LogP contribution in [-0.2, 0) is 11.3 Å². The van der Waals surface area contributed by atoms with E-state index in [9.17, 15) is 4.79 Å². The molecule has 0 aromatic heterocycles. The van der Waals surface area contributed by atoms with Crippen LogP contribution < -0.4 is 10.6 Å². The lowest BCUT2D eigenvalue weighted by Gasteiger charge is -2.32. The van der Waals surface area contributed by atoms with Crippen LogP contribution in [-0.4, -0.2) is 55.5 Å². The molecule has 0 atom stereocenters. The Bertz CT molecular complexity index is 590. The van der Waals surface area contributed by atoms with Gasteiger partial charge in [0.1, 0.15) is 0 Å². The summed E-state index contributed by atoms with van der Waals surface area (Å²) in [5.41, 5.74) is 1.19. The molecule has 8 heteroatoms. The van der Waals surface area contributed by atoms with Crippen LogP contribution in [0.25, 0.3) is 0 Å². The molecule has 1 saturated heterocycles. The number of piperidine rings is 1. The van der Waals surface area contributed by atoms with E-state index in [1.165, 1.54) is 10.5 Å². The highest BCUT2D eigenvalue weighted by Crippen LogP contribution is 2.15. The molecule has 0 spiro atoms. The molecule has 27 heavy (non-hydrogen) atoms. The summed E-state index contributed by atoms with van der Waals surface area (Å²) in [7, 11) is 0. The summed E-state index contributed by atoms with van der Waals surface area (Å²) < 4.78 is 5.07. The highest BCUT2D eigenvalue weighted by Gasteiger charge is 2.23. The van der Waals surface area contributed by atoms with Crippen molar-refractivity contribution < 1.29 is 9.53 Å². The summed E-state index contributed by atoms with van der Waals surface area (Å²) >= 11 is 1.74. The fraction of sp³-hybridized carbons (Fsp3) is 0.579. The molecule has 1 heterocycles. The zero-order valence-electron chi connectivity index (χ0n) is 16.4. The lowest BCUT2D eigenvalue weighted by molar-refractivity contribution is 0.0963. The monoisotopic (exact) mass is 506 g/mol. The molecular formula is C19H31IN4O2S. The third-order valence-electron chi connectivity index (χ3n) is 4.28. The number of carbonyl (C=O) groups is 1. The van der Waals surface area contributed by atoms with Crippen LogP contribution in [0.2, 0.25) is 0 Å². The molecule has 0 radical (unpaired) electrons. The predicted octanol–water partition coefficient (Wildman–Crippen LogP) is 3.70. The van der Waals surface area contributed by atoms with E-state index in [-0.39, 0.29) is 30.1 Å². The number of hydrogen-bond acceptors (Lipinski definition) is 4. The number of guanidine groups is 1. The van der Waals surface area contributed by atoms with Gasteiger partial charge >= 0.3 is 6.09 Å². The maximum Gasteiger partial charge on any atom is 0.409 e. The first-order valence-electron chi connectivity index (χ1n) is 9.25. The van der Waals surface area contributed by atoms with E-state index in [1.807, 2.05) is 6.92 Å². The normalized spacial score (nSPS) is 15.1. The van der Waals surface area contributed by atoms with Crippen molar-refractivity contribution in [1.29, 1.82) is 0 Å². The van der Waals surface area contributed by atoms with Crippen molar-refractivity contribution in [3.63, 3.8) is 0 Å². The SMILES string of the molecule is CCNC(=NCc1ccc(SC)cc1)NC1CCN(C(=O)OCC)CC1.I. The average Bonchev–Trinajstić information content (AvgIpc) is 2.67. The summed E-state index contributed by atoms with van der Waals surface area (Å²) in [5, 5.41) is 6.80. The van der Waals surface area contributed by atoms with Gasteiger partial charge in [-0.15, -0.1) is 35.7 Å². The van der Waals surface area contributed by atoms with Crippen molar-refractivity contribution >= 4 is 47.8 Å². The Morgan fingerprint density at radius 3 is 2.48 bits per heavy atom. The van der Waals surface area contributed by atoms with E-state index in [1.54, 1.807) is 16.7 Å². The van der Waals surface area contributed by atoms with Gasteiger partial charge in [0.25, 0.3) is 0 Å². The van der Waals surface area contributed by atoms with Crippen molar-refractivity contribution in [2.24, 2.45) is 4.99 Å². The van der Waals surface area contributed by atoms with E-state index < -0.39 is 0 Å². The number of aliphatic imine (C=N–C) groups is 1. The van der Waals surface area contributed by atoms with Crippen LogP contribution in [0, 0.1) is 0 Å². The van der Waals surface area contributed by atoms with E-state index in [0.29, 0.717) is 32.3 Å². The van der Waals surface area contributed by atoms with Gasteiger partial charge in [-0.2, -0.15) is 0 Å². The molecule has 6 nitrogen and oxygen atoms in total. The summed E-state index contributed by atoms with van der Waals surface area (Å²) in [4.78, 5) is 19.5. The zero-order valence-corrected chi connectivity index (χ0v) is 19.5. The first-order valence-corrected chi connectivity index (χ1v) is 10.5. The molecule has 1 fully saturated rings. The Morgan fingerprint density at radius 2 is 1.93 bits per heavy atom. The summed E-state index contributed by atoms with van der Waals surface area (Å²) in [5.74, 6) is 0.830. The number of rotatable bonds is 6. The minimum absolute atomic E-state index is 0. The van der Waals surface area contributed by atoms with E-state index in [4.69, 9.17) is 9.73 Å². The van der Waals surface area contributed by atoms with Crippen LogP contribution in [0.1, 0.15) is 32.3 Å². The molecular weight excluding hydrogens is 475 g/mol. The number of halogens is 1. The van der Waals surface area contributed by atoms with Gasteiger partial charge < -0.3 is 20.3 Å². The van der Waals surface area contributed by atoms with Gasteiger partial charge in [-0.1, -0.05) is 12.1 Å². The Kier molecular flexibility index (Phi) is 11.6. The zero-order chi connectivity index (χ0) is 18.8. The van der Waals surface area contributed by atoms with Crippen LogP contribution in [0.15, 0.2) is 34.2 Å². The van der Waals surface area contributed by atoms with E-state index >= 15 is 0 Å². The number of thioether (sulfide) groups is 1. The summed E-state index contributed by atoms with van der Waals surface area (Å²) in [6.07, 6.45) is 3.66. The summed E-state index contributed by atoms with van der Waals surface area (Å²) in [6.45, 7) is 7.21. The topological polar surface area (TPSA) is 66.0 Å². The molecule has 0 saturated carbocycles. The molecule has 0 aliphatic carbocycles. The summed E-state index contributed by atoms with van der Waals surface area (Å²) in [6, 6.07) is 8.81. The van der Waals surface area contributed by atoms with Crippen molar-refractivity contribution in [2.45, 2.75) is 44.2 Å². The largest absolute Gasteiger partial charge is 0.450 e. The van der Waals surface area contributed by atoms with Crippen molar-refractivity contribution in [3.05, 3.63) is 29.8 Å². The number of nitrogens with one attached hydrogen (secondary N) is 2. The number of likely N-dealkylation sites (tertiary alicyclic amines) is 1. The molecule has 1 aromatic carbocycles. The molecule has 1 aliphatic heterocycles. The second-order valence-corrected chi connectivity index (χ2v) is 7.03. The Balaban J connectivity index is 0.00000364. The van der Waals surface area contributed by atoms with Gasteiger partial charge in [-0.3, -0.25) is 0 Å². The molecule has 1 aromatic rings. The fourth-order valence-corrected chi connectivity index (χ4v) is 3.24. The van der Waals surface area contributed by atoms with Gasteiger partial charge in [0.05, 0.1) is 13.2 Å². The van der Waals surface area contributed by atoms with E-state index in [2.05, 4.69) is 48.1 Å². The Morgan fingerprint density at radius 1 is 1.26 bits per heavy atom. The van der Waals surface area contributed by atoms with Crippen molar-refractivity contribution in [1.82, 2.24) is 15.5 Å². The molecule has 1 amide bonds. The first kappa shape index (κ1) is 23.9. The van der Waals surface area contributed by atoms with E-state index in [0.717, 1.165) is 25.3 Å². The predicted molar refractivity (Wildman–Crippen MR) is 123 cm³/mol. The second kappa shape index (κ2) is 13.1. The molecule has 1 aliphatic rings. The molecule has 2 rings (SSSR count). The van der Waals surface area contributed by atoms with Crippen molar-refractivity contribution in [2.75, 3.05) is 32.5 Å². The molecule has 2 N–H and O–H groups in total. The second-order valence-electron chi connectivity index (χ2n) is 6.15. The van der Waals surface area contributed by atoms with Crippen LogP contribution in [0.5, 0.6) is 0 Å². The minimum Gasteiger partial charge on any atom is -0.450 e. The maximum absolute atomic E-state index is 11.8. The van der Waals surface area contributed by atoms with Crippen LogP contribution in [0.3, 0.4) is 0 Å². The lowest BCUT2D eigenvalue weighted by Crippen LogP contribution is -2.49. The smallest absolute Gasteiger partial charge is 0.409 e. The first-order chi connectivity index (χ1) is 12.7. The minimum atomic E-state index is -0.208. The van der Waals surface area contributed by atoms with Gasteiger partial charge in [-0.05, 0) is 50.6 Å². The van der Waals surface area contributed by atoms with Gasteiger partial charge in [0, 0.05) is 30.6 Å². The highest BCUT2D eigenvalue weighted by atomic mass is 127. The highest BCUT2D eigenvalue weighted by molar-refractivity contribution is 14.0. The standard InChI is InChI=1S/C19H30N4O2S.HI/c1-4-20-18(21-14-15-6-8-17(26-3)9-7-15)22-16-10-12-23(13-11-16)19(24)25-5-2;/h6-9,16H,4-5,10-14H2,1-3H3,(H2,20,21,22);1H. The number of hydrogen-bond donors (Lipinski definition) is 2. The molecule has 0 bridgehead atoms. The number of carbonyl (C=O) groups excluding carboxylic acids is 1. The third-order valence-corrected chi connectivity index (χ3v) is 5.03. The fourth-order valence-electron chi connectivity index (χ4n) is 2.84. The number of amides is 1. The number of benzene rings is 1. The van der Waals surface area contributed by atoms with Gasteiger partial charge in [0.2, 0.25) is 0 Å². The van der Waals surface area contributed by atoms with Gasteiger partial charge in [0.15, 0.2) is 5.96 Å². The quantitative estimate of drug-likeness (QED) is 0.267. The van der Waals surface area contributed by atoms with Crippen molar-refractivity contribution in [3.8, 4) is 0 Å². The Hall–Kier alpha value is -1.16. The maximum atomic E-state index is 11.8. The average molecular weight is 506 g/mol. The number of nitrogens with zero attached hydrogens (tertiary/aromatic N) is 2. The third kappa shape index (κ3) is 8.16. The van der Waals surface area contributed by atoms with Crippen LogP contribution >= 0.6 is 35.7 Å².